The number of rotatable bonds is 2. The van der Waals surface area contributed by atoms with Crippen LogP contribution in [0.3, 0.4) is 0 Å². The molecule has 1 saturated heterocycles. The Morgan fingerprint density at radius 1 is 1.31 bits per heavy atom. The third-order valence-corrected chi connectivity index (χ3v) is 2.60. The second kappa shape index (κ2) is 3.41. The molecular formula is C10H9F2N3O. The molecule has 1 fully saturated rings. The first-order valence-corrected chi connectivity index (χ1v) is 4.94. The molecule has 6 heteroatoms. The molecule has 0 radical (unpaired) electrons. The van der Waals surface area contributed by atoms with Gasteiger partial charge in [-0.25, -0.2) is 4.39 Å². The largest absolute Gasteiger partial charge is 0.485 e. The number of halogens is 2. The summed E-state index contributed by atoms with van der Waals surface area (Å²) in [5.74, 6) is -1.09. The van der Waals surface area contributed by atoms with Gasteiger partial charge in [0.1, 0.15) is 6.10 Å². The average molecular weight is 225 g/mol. The molecular weight excluding hydrogens is 216 g/mol. The van der Waals surface area contributed by atoms with Crippen LogP contribution in [0.4, 0.5) is 8.78 Å². The van der Waals surface area contributed by atoms with Gasteiger partial charge in [-0.3, -0.25) is 5.10 Å². The maximum absolute atomic E-state index is 13.5. The lowest BCUT2D eigenvalue weighted by Crippen LogP contribution is -2.50. The number of aromatic nitrogens is 2. The third-order valence-electron chi connectivity index (χ3n) is 2.60. The molecule has 1 aliphatic heterocycles. The Labute approximate surface area is 89.6 Å². The standard InChI is InChI=1S/C10H9F2N3O/c11-7-1-6-8(14-15-10(6)12)2-9(7)16-5-3-13-4-5/h1-2,5,13H,3-4H2,(H,14,15). The fraction of sp³-hybridized carbons (Fsp3) is 0.300. The van der Waals surface area contributed by atoms with Crippen molar-refractivity contribution in [1.82, 2.24) is 15.5 Å². The fourth-order valence-electron chi connectivity index (χ4n) is 1.60. The van der Waals surface area contributed by atoms with Gasteiger partial charge in [0.15, 0.2) is 11.6 Å². The van der Waals surface area contributed by atoms with Crippen molar-refractivity contribution in [2.75, 3.05) is 13.1 Å². The van der Waals surface area contributed by atoms with Crippen LogP contribution in [0.5, 0.6) is 5.75 Å². The molecule has 3 rings (SSSR count). The van der Waals surface area contributed by atoms with Crippen molar-refractivity contribution < 1.29 is 13.5 Å². The van der Waals surface area contributed by atoms with Gasteiger partial charge in [-0.1, -0.05) is 0 Å². The second-order valence-corrected chi connectivity index (χ2v) is 3.74. The zero-order chi connectivity index (χ0) is 11.1. The molecule has 16 heavy (non-hydrogen) atoms. The lowest BCUT2D eigenvalue weighted by Gasteiger charge is -2.27. The first-order chi connectivity index (χ1) is 7.74. The molecule has 0 saturated carbocycles. The van der Waals surface area contributed by atoms with Crippen molar-refractivity contribution in [3.8, 4) is 5.75 Å². The molecule has 0 amide bonds. The summed E-state index contributed by atoms with van der Waals surface area (Å²) in [6.45, 7) is 1.40. The van der Waals surface area contributed by atoms with Crippen molar-refractivity contribution in [3.63, 3.8) is 0 Å². The summed E-state index contributed by atoms with van der Waals surface area (Å²) in [5, 5.41) is 9.02. The molecule has 0 spiro atoms. The van der Waals surface area contributed by atoms with Gasteiger partial charge in [0.2, 0.25) is 5.95 Å². The number of nitrogens with zero attached hydrogens (tertiary/aromatic N) is 1. The van der Waals surface area contributed by atoms with E-state index < -0.39 is 11.8 Å². The third kappa shape index (κ3) is 1.42. The van der Waals surface area contributed by atoms with Crippen LogP contribution in [0.1, 0.15) is 0 Å². The van der Waals surface area contributed by atoms with Gasteiger partial charge >= 0.3 is 0 Å². The van der Waals surface area contributed by atoms with E-state index in [1.807, 2.05) is 0 Å². The van der Waals surface area contributed by atoms with E-state index in [-0.39, 0.29) is 17.2 Å². The van der Waals surface area contributed by atoms with Gasteiger partial charge in [0.05, 0.1) is 10.9 Å². The molecule has 0 unspecified atom stereocenters. The average Bonchev–Trinajstić information content (AvgIpc) is 2.54. The van der Waals surface area contributed by atoms with Crippen molar-refractivity contribution in [2.24, 2.45) is 0 Å². The Bertz CT molecular complexity index is 536. The van der Waals surface area contributed by atoms with E-state index in [4.69, 9.17) is 4.74 Å². The van der Waals surface area contributed by atoms with Crippen molar-refractivity contribution in [2.45, 2.75) is 6.10 Å². The number of hydrogen-bond donors (Lipinski definition) is 2. The SMILES string of the molecule is Fc1cc2c(F)[nH]nc2cc1OC1CNC1. The monoisotopic (exact) mass is 225 g/mol. The minimum Gasteiger partial charge on any atom is -0.485 e. The number of fused-ring (bicyclic) bond motifs is 1. The van der Waals surface area contributed by atoms with Crippen LogP contribution in [0, 0.1) is 11.8 Å². The van der Waals surface area contributed by atoms with E-state index in [1.165, 1.54) is 6.07 Å². The molecule has 1 aromatic carbocycles. The lowest BCUT2D eigenvalue weighted by molar-refractivity contribution is 0.136. The van der Waals surface area contributed by atoms with Gasteiger partial charge < -0.3 is 10.1 Å². The Morgan fingerprint density at radius 3 is 2.81 bits per heavy atom. The molecule has 2 aromatic rings. The quantitative estimate of drug-likeness (QED) is 0.807. The maximum atomic E-state index is 13.5. The summed E-state index contributed by atoms with van der Waals surface area (Å²) in [5.41, 5.74) is 0.362. The number of H-pyrrole nitrogens is 1. The molecule has 1 aliphatic rings. The zero-order valence-electron chi connectivity index (χ0n) is 8.26. The van der Waals surface area contributed by atoms with E-state index >= 15 is 0 Å². The zero-order valence-corrected chi connectivity index (χ0v) is 8.26. The Balaban J connectivity index is 2.00. The summed E-state index contributed by atoms with van der Waals surface area (Å²) >= 11 is 0. The van der Waals surface area contributed by atoms with E-state index in [2.05, 4.69) is 15.5 Å². The molecule has 84 valence electrons. The highest BCUT2D eigenvalue weighted by Gasteiger charge is 2.21. The van der Waals surface area contributed by atoms with Crippen molar-refractivity contribution >= 4 is 10.9 Å². The molecule has 4 nitrogen and oxygen atoms in total. The van der Waals surface area contributed by atoms with Crippen LogP contribution < -0.4 is 10.1 Å². The predicted molar refractivity (Wildman–Crippen MR) is 53.3 cm³/mol. The van der Waals surface area contributed by atoms with E-state index in [0.717, 1.165) is 6.07 Å². The number of aromatic amines is 1. The second-order valence-electron chi connectivity index (χ2n) is 3.74. The highest BCUT2D eigenvalue weighted by Crippen LogP contribution is 2.26. The molecule has 0 aliphatic carbocycles. The van der Waals surface area contributed by atoms with Crippen LogP contribution in [0.25, 0.3) is 10.9 Å². The maximum Gasteiger partial charge on any atom is 0.216 e. The summed E-state index contributed by atoms with van der Waals surface area (Å²) in [6, 6.07) is 2.50. The lowest BCUT2D eigenvalue weighted by atomic mass is 10.2. The first kappa shape index (κ1) is 9.53. The topological polar surface area (TPSA) is 49.9 Å². The van der Waals surface area contributed by atoms with Gasteiger partial charge in [0.25, 0.3) is 0 Å². The minimum absolute atomic E-state index is 0.0178. The molecule has 2 heterocycles. The smallest absolute Gasteiger partial charge is 0.216 e. The van der Waals surface area contributed by atoms with E-state index in [9.17, 15) is 8.78 Å². The van der Waals surface area contributed by atoms with Crippen molar-refractivity contribution in [1.29, 1.82) is 0 Å². The van der Waals surface area contributed by atoms with E-state index in [1.54, 1.807) is 0 Å². The number of nitrogens with one attached hydrogen (secondary N) is 2. The highest BCUT2D eigenvalue weighted by molar-refractivity contribution is 5.80. The van der Waals surface area contributed by atoms with Gasteiger partial charge in [-0.05, 0) is 6.07 Å². The van der Waals surface area contributed by atoms with Crippen LogP contribution >= 0.6 is 0 Å². The minimum atomic E-state index is -0.634. The van der Waals surface area contributed by atoms with E-state index in [0.29, 0.717) is 18.6 Å². The highest BCUT2D eigenvalue weighted by atomic mass is 19.1. The summed E-state index contributed by atoms with van der Waals surface area (Å²) in [7, 11) is 0. The molecule has 0 bridgehead atoms. The van der Waals surface area contributed by atoms with Gasteiger partial charge in [-0.2, -0.15) is 9.49 Å². The Morgan fingerprint density at radius 2 is 2.12 bits per heavy atom. The van der Waals surface area contributed by atoms with Crippen LogP contribution in [-0.2, 0) is 0 Å². The van der Waals surface area contributed by atoms with Crippen LogP contribution in [0.2, 0.25) is 0 Å². The Hall–Kier alpha value is -1.69. The van der Waals surface area contributed by atoms with Crippen molar-refractivity contribution in [3.05, 3.63) is 23.9 Å². The van der Waals surface area contributed by atoms with Crippen LogP contribution in [0.15, 0.2) is 12.1 Å². The first-order valence-electron chi connectivity index (χ1n) is 4.94. The summed E-state index contributed by atoms with van der Waals surface area (Å²) < 4.78 is 32.0. The molecule has 2 N–H and O–H groups in total. The number of ether oxygens (including phenoxy) is 1. The molecule has 1 aromatic heterocycles. The summed E-state index contributed by atoms with van der Waals surface area (Å²) in [4.78, 5) is 0. The predicted octanol–water partition coefficient (Wildman–Crippen LogP) is 1.19. The number of benzene rings is 1. The number of hydrogen-bond acceptors (Lipinski definition) is 3. The Kier molecular flexibility index (Phi) is 2.03. The van der Waals surface area contributed by atoms with Gasteiger partial charge in [-0.15, -0.1) is 0 Å². The van der Waals surface area contributed by atoms with Crippen LogP contribution in [-0.4, -0.2) is 29.4 Å². The fourth-order valence-corrected chi connectivity index (χ4v) is 1.60. The summed E-state index contributed by atoms with van der Waals surface area (Å²) in [6.07, 6.45) is -0.0178. The van der Waals surface area contributed by atoms with Gasteiger partial charge in [0, 0.05) is 19.2 Å². The normalized spacial score (nSPS) is 16.4. The molecule has 0 atom stereocenters.